The summed E-state index contributed by atoms with van der Waals surface area (Å²) in [6.07, 6.45) is 0.497. The van der Waals surface area contributed by atoms with E-state index in [0.717, 1.165) is 0 Å². The van der Waals surface area contributed by atoms with Crippen LogP contribution < -0.4 is 5.32 Å². The normalized spacial score (nSPS) is 11.8. The van der Waals surface area contributed by atoms with Crippen molar-refractivity contribution in [2.75, 3.05) is 0 Å². The lowest BCUT2D eigenvalue weighted by atomic mass is 10.1. The molecule has 3 N–H and O–H groups in total. The van der Waals surface area contributed by atoms with Crippen molar-refractivity contribution in [1.29, 1.82) is 0 Å². The molecule has 0 spiro atoms. The van der Waals surface area contributed by atoms with Crippen LogP contribution in [0, 0.1) is 0 Å². The molecule has 1 atom stereocenters. The van der Waals surface area contributed by atoms with Crippen molar-refractivity contribution in [1.82, 2.24) is 5.32 Å². The minimum absolute atomic E-state index is 0.0971. The second-order valence-corrected chi connectivity index (χ2v) is 3.14. The molecule has 0 heterocycles. The van der Waals surface area contributed by atoms with Crippen LogP contribution in [0.15, 0.2) is 0 Å². The van der Waals surface area contributed by atoms with Crippen LogP contribution in [0.3, 0.4) is 0 Å². The van der Waals surface area contributed by atoms with Gasteiger partial charge < -0.3 is 15.5 Å². The first-order valence-electron chi connectivity index (χ1n) is 4.71. The summed E-state index contributed by atoms with van der Waals surface area (Å²) in [5, 5.41) is 19.3. The number of carboxylic acid groups (broad SMARTS) is 2. The first kappa shape index (κ1) is 13.4. The van der Waals surface area contributed by atoms with Crippen LogP contribution in [-0.4, -0.2) is 34.1 Å². The van der Waals surface area contributed by atoms with Gasteiger partial charge in [0, 0.05) is 12.8 Å². The van der Waals surface area contributed by atoms with Gasteiger partial charge >= 0.3 is 11.9 Å². The first-order valence-corrected chi connectivity index (χ1v) is 4.71. The molecule has 0 rings (SSSR count). The van der Waals surface area contributed by atoms with Crippen LogP contribution >= 0.6 is 0 Å². The minimum atomic E-state index is -1.21. The van der Waals surface area contributed by atoms with E-state index in [-0.39, 0.29) is 25.2 Å². The highest BCUT2D eigenvalue weighted by molar-refractivity contribution is 5.83. The van der Waals surface area contributed by atoms with Crippen molar-refractivity contribution in [3.05, 3.63) is 0 Å². The van der Waals surface area contributed by atoms with Gasteiger partial charge in [-0.25, -0.2) is 4.79 Å². The number of amides is 1. The van der Waals surface area contributed by atoms with Crippen LogP contribution in [0.2, 0.25) is 0 Å². The molecule has 0 radical (unpaired) electrons. The minimum Gasteiger partial charge on any atom is -0.481 e. The largest absolute Gasteiger partial charge is 0.481 e. The predicted octanol–water partition coefficient (Wildman–Crippen LogP) is 0.221. The SMILES string of the molecule is CCCC(=O)NC(CCC(=O)O)C(=O)O. The van der Waals surface area contributed by atoms with E-state index < -0.39 is 18.0 Å². The Hall–Kier alpha value is -1.59. The van der Waals surface area contributed by atoms with Gasteiger partial charge in [-0.2, -0.15) is 0 Å². The number of carbonyl (C=O) groups excluding carboxylic acids is 1. The highest BCUT2D eigenvalue weighted by atomic mass is 16.4. The smallest absolute Gasteiger partial charge is 0.326 e. The van der Waals surface area contributed by atoms with E-state index in [9.17, 15) is 14.4 Å². The van der Waals surface area contributed by atoms with E-state index in [2.05, 4.69) is 5.32 Å². The molecule has 0 aliphatic heterocycles. The van der Waals surface area contributed by atoms with E-state index >= 15 is 0 Å². The third-order valence-electron chi connectivity index (χ3n) is 1.76. The maximum Gasteiger partial charge on any atom is 0.326 e. The number of carbonyl (C=O) groups is 3. The lowest BCUT2D eigenvalue weighted by Gasteiger charge is -2.12. The van der Waals surface area contributed by atoms with Gasteiger partial charge in [-0.05, 0) is 12.8 Å². The van der Waals surface area contributed by atoms with Crippen molar-refractivity contribution in [3.63, 3.8) is 0 Å². The quantitative estimate of drug-likeness (QED) is 0.566. The fraction of sp³-hybridized carbons (Fsp3) is 0.667. The Balaban J connectivity index is 4.10. The number of rotatable bonds is 7. The van der Waals surface area contributed by atoms with Gasteiger partial charge in [-0.1, -0.05) is 6.92 Å². The van der Waals surface area contributed by atoms with Crippen LogP contribution in [0.4, 0.5) is 0 Å². The molecule has 0 bridgehead atoms. The molecule has 1 amide bonds. The number of nitrogens with one attached hydrogen (secondary N) is 1. The van der Waals surface area contributed by atoms with Crippen LogP contribution in [0.5, 0.6) is 0 Å². The van der Waals surface area contributed by atoms with Gasteiger partial charge in [0.25, 0.3) is 0 Å². The van der Waals surface area contributed by atoms with E-state index in [1.165, 1.54) is 0 Å². The van der Waals surface area contributed by atoms with E-state index in [1.807, 2.05) is 0 Å². The Labute approximate surface area is 87.3 Å². The summed E-state index contributed by atoms with van der Waals surface area (Å²) < 4.78 is 0. The van der Waals surface area contributed by atoms with Crippen molar-refractivity contribution in [2.45, 2.75) is 38.6 Å². The first-order chi connectivity index (χ1) is 6.97. The number of aliphatic carboxylic acids is 2. The molecule has 0 aliphatic carbocycles. The lowest BCUT2D eigenvalue weighted by molar-refractivity contribution is -0.143. The average molecular weight is 217 g/mol. The maximum absolute atomic E-state index is 11.1. The fourth-order valence-corrected chi connectivity index (χ4v) is 1.02. The molecule has 0 saturated heterocycles. The van der Waals surface area contributed by atoms with Gasteiger partial charge in [-0.3, -0.25) is 9.59 Å². The topological polar surface area (TPSA) is 104 Å². The van der Waals surface area contributed by atoms with Crippen LogP contribution in [0.1, 0.15) is 32.6 Å². The van der Waals surface area contributed by atoms with Crippen LogP contribution in [-0.2, 0) is 14.4 Å². The molecule has 86 valence electrons. The molecule has 6 heteroatoms. The third-order valence-corrected chi connectivity index (χ3v) is 1.76. The van der Waals surface area contributed by atoms with Crippen molar-refractivity contribution < 1.29 is 24.6 Å². The van der Waals surface area contributed by atoms with Crippen molar-refractivity contribution in [2.24, 2.45) is 0 Å². The summed E-state index contributed by atoms with van der Waals surface area (Å²) in [7, 11) is 0. The van der Waals surface area contributed by atoms with Gasteiger partial charge in [0.2, 0.25) is 5.91 Å². The summed E-state index contributed by atoms with van der Waals surface area (Å²) in [6.45, 7) is 1.80. The van der Waals surface area contributed by atoms with Gasteiger partial charge in [0.15, 0.2) is 0 Å². The summed E-state index contributed by atoms with van der Waals surface area (Å²) in [4.78, 5) is 32.0. The summed E-state index contributed by atoms with van der Waals surface area (Å²) >= 11 is 0. The molecule has 0 aromatic heterocycles. The zero-order valence-corrected chi connectivity index (χ0v) is 8.52. The Kier molecular flexibility index (Phi) is 6.08. The Morgan fingerprint density at radius 2 is 1.80 bits per heavy atom. The second kappa shape index (κ2) is 6.80. The highest BCUT2D eigenvalue weighted by Crippen LogP contribution is 1.99. The van der Waals surface area contributed by atoms with E-state index in [4.69, 9.17) is 10.2 Å². The van der Waals surface area contributed by atoms with E-state index in [1.54, 1.807) is 6.92 Å². The van der Waals surface area contributed by atoms with Crippen molar-refractivity contribution >= 4 is 17.8 Å². The Morgan fingerprint density at radius 3 is 2.20 bits per heavy atom. The second-order valence-electron chi connectivity index (χ2n) is 3.14. The van der Waals surface area contributed by atoms with Gasteiger partial charge in [0.1, 0.15) is 6.04 Å². The fourth-order valence-electron chi connectivity index (χ4n) is 1.02. The summed E-state index contributed by atoms with van der Waals surface area (Å²) in [5.41, 5.74) is 0. The van der Waals surface area contributed by atoms with Gasteiger partial charge in [0.05, 0.1) is 0 Å². The molecule has 15 heavy (non-hydrogen) atoms. The molecule has 0 aliphatic rings. The molecule has 0 saturated carbocycles. The number of hydrogen-bond acceptors (Lipinski definition) is 3. The average Bonchev–Trinajstić information content (AvgIpc) is 2.11. The van der Waals surface area contributed by atoms with Crippen molar-refractivity contribution in [3.8, 4) is 0 Å². The molecule has 0 fully saturated rings. The molecule has 0 aromatic rings. The zero-order chi connectivity index (χ0) is 11.8. The lowest BCUT2D eigenvalue weighted by Crippen LogP contribution is -2.40. The van der Waals surface area contributed by atoms with Gasteiger partial charge in [-0.15, -0.1) is 0 Å². The number of hydrogen-bond donors (Lipinski definition) is 3. The maximum atomic E-state index is 11.1. The van der Waals surface area contributed by atoms with E-state index in [0.29, 0.717) is 6.42 Å². The Bertz CT molecular complexity index is 251. The zero-order valence-electron chi connectivity index (χ0n) is 8.52. The highest BCUT2D eigenvalue weighted by Gasteiger charge is 2.20. The molecule has 6 nitrogen and oxygen atoms in total. The predicted molar refractivity (Wildman–Crippen MR) is 51.3 cm³/mol. The molecular formula is C9H15NO5. The summed E-state index contributed by atoms with van der Waals surface area (Å²) in [5.74, 6) is -2.65. The van der Waals surface area contributed by atoms with Crippen LogP contribution in [0.25, 0.3) is 0 Å². The molecule has 0 aromatic carbocycles. The number of carboxylic acids is 2. The third kappa shape index (κ3) is 6.48. The molecular weight excluding hydrogens is 202 g/mol. The Morgan fingerprint density at radius 1 is 1.20 bits per heavy atom. The molecule has 1 unspecified atom stereocenters. The standard InChI is InChI=1S/C9H15NO5/c1-2-3-7(11)10-6(9(14)15)4-5-8(12)13/h6H,2-5H2,1H3,(H,10,11)(H,12,13)(H,14,15). The summed E-state index contributed by atoms with van der Waals surface area (Å²) in [6, 6.07) is -1.11. The monoisotopic (exact) mass is 217 g/mol.